The molecule has 3 saturated carbocycles. The van der Waals surface area contributed by atoms with Crippen molar-refractivity contribution in [2.45, 2.75) is 95.2 Å². The van der Waals surface area contributed by atoms with Gasteiger partial charge >= 0.3 is 0 Å². The third-order valence-electron chi connectivity index (χ3n) is 8.61. The summed E-state index contributed by atoms with van der Waals surface area (Å²) in [6.45, 7) is 12.0. The summed E-state index contributed by atoms with van der Waals surface area (Å²) in [4.78, 5) is 0. The summed E-state index contributed by atoms with van der Waals surface area (Å²) in [5.74, 6) is 2.65. The molecule has 3 aliphatic carbocycles. The Bertz CT molecular complexity index is 753. The molecule has 31 heavy (non-hydrogen) atoms. The van der Waals surface area contributed by atoms with Gasteiger partial charge < -0.3 is 19.0 Å². The molecule has 3 unspecified atom stereocenters. The van der Waals surface area contributed by atoms with Gasteiger partial charge in [-0.3, -0.25) is 0 Å². The van der Waals surface area contributed by atoms with Crippen LogP contribution < -0.4 is 4.74 Å². The van der Waals surface area contributed by atoms with Gasteiger partial charge in [-0.25, -0.2) is 0 Å². The summed E-state index contributed by atoms with van der Waals surface area (Å²) >= 11 is 0. The number of para-hydroxylation sites is 1. The highest BCUT2D eigenvalue weighted by atomic mass is 28.4. The summed E-state index contributed by atoms with van der Waals surface area (Å²) in [5.41, 5.74) is 0.698. The van der Waals surface area contributed by atoms with Crippen LogP contribution in [0.1, 0.15) is 71.0 Å². The van der Waals surface area contributed by atoms with E-state index in [0.29, 0.717) is 24.4 Å². The molecule has 0 aliphatic heterocycles. The second kappa shape index (κ2) is 8.47. The van der Waals surface area contributed by atoms with Gasteiger partial charge in [-0.1, -0.05) is 39.0 Å². The number of hydrogen-bond donors (Lipinski definition) is 1. The Labute approximate surface area is 189 Å². The fraction of sp³-hybridized carbons (Fsp3) is 0.769. The van der Waals surface area contributed by atoms with Crippen LogP contribution in [0, 0.1) is 17.8 Å². The van der Waals surface area contributed by atoms with Crippen molar-refractivity contribution in [2.24, 2.45) is 17.8 Å². The minimum Gasteiger partial charge on any atom is -0.496 e. The molecule has 0 spiro atoms. The first-order chi connectivity index (χ1) is 14.5. The first-order valence-electron chi connectivity index (χ1n) is 12.2. The summed E-state index contributed by atoms with van der Waals surface area (Å²) < 4.78 is 19.0. The summed E-state index contributed by atoms with van der Waals surface area (Å²) in [6, 6.07) is 8.18. The van der Waals surface area contributed by atoms with E-state index >= 15 is 0 Å². The first kappa shape index (κ1) is 23.3. The fourth-order valence-electron chi connectivity index (χ4n) is 5.58. The maximum absolute atomic E-state index is 11.0. The van der Waals surface area contributed by atoms with Gasteiger partial charge in [0.25, 0.3) is 0 Å². The van der Waals surface area contributed by atoms with E-state index in [2.05, 4.69) is 46.0 Å². The van der Waals surface area contributed by atoms with Gasteiger partial charge in [0, 0.05) is 5.56 Å². The highest BCUT2D eigenvalue weighted by Crippen LogP contribution is 2.57. The first-order valence-corrected chi connectivity index (χ1v) is 15.1. The predicted octanol–water partition coefficient (Wildman–Crippen LogP) is 6.10. The Morgan fingerprint density at radius 1 is 1.10 bits per heavy atom. The number of methoxy groups -OCH3 is 1. The van der Waals surface area contributed by atoms with E-state index in [1.165, 1.54) is 12.8 Å². The van der Waals surface area contributed by atoms with Crippen LogP contribution in [-0.2, 0) is 9.16 Å². The van der Waals surface area contributed by atoms with E-state index in [1.54, 1.807) is 7.11 Å². The topological polar surface area (TPSA) is 47.9 Å². The molecule has 0 heterocycles. The van der Waals surface area contributed by atoms with Crippen molar-refractivity contribution in [1.29, 1.82) is 0 Å². The standard InChI is InChI=1S/C26H42O4Si/c1-25(2,3)31(5,6)29-17-24(22-9-7-8-10-23(22)28-4)30-21-13-18-15-26(27,20-11-12-20)16-19(18)14-21/h7-10,18-21,24,27H,11-17H2,1-6H3/t18-,19+,21?,24?,26?. The van der Waals surface area contributed by atoms with Crippen LogP contribution in [0.4, 0.5) is 0 Å². The molecular weight excluding hydrogens is 404 g/mol. The molecule has 3 fully saturated rings. The summed E-state index contributed by atoms with van der Waals surface area (Å²) in [7, 11) is -0.160. The molecule has 0 bridgehead atoms. The monoisotopic (exact) mass is 446 g/mol. The molecule has 0 saturated heterocycles. The maximum Gasteiger partial charge on any atom is 0.192 e. The Hall–Kier alpha value is -0.883. The Morgan fingerprint density at radius 3 is 2.26 bits per heavy atom. The van der Waals surface area contributed by atoms with Crippen molar-refractivity contribution in [3.63, 3.8) is 0 Å². The number of fused-ring (bicyclic) bond motifs is 1. The van der Waals surface area contributed by atoms with Crippen molar-refractivity contribution in [2.75, 3.05) is 13.7 Å². The van der Waals surface area contributed by atoms with E-state index in [-0.39, 0.29) is 22.8 Å². The Kier molecular flexibility index (Phi) is 6.36. The van der Waals surface area contributed by atoms with Gasteiger partial charge in [0.2, 0.25) is 0 Å². The van der Waals surface area contributed by atoms with Crippen LogP contribution in [0.25, 0.3) is 0 Å². The van der Waals surface area contributed by atoms with E-state index in [0.717, 1.165) is 37.0 Å². The SMILES string of the molecule is COc1ccccc1C(CO[Si](C)(C)C(C)(C)C)OC1C[C@@H]2CC(O)(C3CC3)C[C@@H]2C1. The molecule has 0 radical (unpaired) electrons. The summed E-state index contributed by atoms with van der Waals surface area (Å²) in [6.07, 6.45) is 6.61. The lowest BCUT2D eigenvalue weighted by Gasteiger charge is -2.37. The molecular formula is C26H42O4Si. The fourth-order valence-corrected chi connectivity index (χ4v) is 6.58. The van der Waals surface area contributed by atoms with Gasteiger partial charge in [-0.15, -0.1) is 0 Å². The van der Waals surface area contributed by atoms with Crippen molar-refractivity contribution in [3.05, 3.63) is 29.8 Å². The lowest BCUT2D eigenvalue weighted by atomic mass is 9.92. The molecule has 5 heteroatoms. The molecule has 4 rings (SSSR count). The largest absolute Gasteiger partial charge is 0.496 e. The number of ether oxygens (including phenoxy) is 2. The van der Waals surface area contributed by atoms with E-state index in [4.69, 9.17) is 13.9 Å². The van der Waals surface area contributed by atoms with E-state index < -0.39 is 8.32 Å². The maximum atomic E-state index is 11.0. The zero-order valence-electron chi connectivity index (χ0n) is 20.3. The quantitative estimate of drug-likeness (QED) is 0.490. The molecule has 1 N–H and O–H groups in total. The lowest BCUT2D eigenvalue weighted by molar-refractivity contribution is -0.0464. The van der Waals surface area contributed by atoms with Crippen LogP contribution >= 0.6 is 0 Å². The smallest absolute Gasteiger partial charge is 0.192 e. The molecule has 1 aromatic carbocycles. The molecule has 5 atom stereocenters. The van der Waals surface area contributed by atoms with Gasteiger partial charge in [0.1, 0.15) is 11.9 Å². The van der Waals surface area contributed by atoms with Gasteiger partial charge in [0.15, 0.2) is 8.32 Å². The average molecular weight is 447 g/mol. The molecule has 3 aliphatic rings. The third kappa shape index (κ3) is 4.90. The van der Waals surface area contributed by atoms with Crippen LogP contribution in [0.5, 0.6) is 5.75 Å². The minimum absolute atomic E-state index is 0.128. The zero-order chi connectivity index (χ0) is 22.4. The highest BCUT2D eigenvalue weighted by molar-refractivity contribution is 6.74. The Morgan fingerprint density at radius 2 is 1.71 bits per heavy atom. The Balaban J connectivity index is 1.45. The van der Waals surface area contributed by atoms with E-state index in [1.807, 2.05) is 12.1 Å². The molecule has 0 amide bonds. The zero-order valence-corrected chi connectivity index (χ0v) is 21.3. The third-order valence-corrected chi connectivity index (χ3v) is 13.1. The molecule has 174 valence electrons. The minimum atomic E-state index is -1.89. The lowest BCUT2D eigenvalue weighted by Crippen LogP contribution is -2.42. The van der Waals surface area contributed by atoms with Gasteiger partial charge in [-0.2, -0.15) is 0 Å². The predicted molar refractivity (Wildman–Crippen MR) is 127 cm³/mol. The molecule has 4 nitrogen and oxygen atoms in total. The number of hydrogen-bond acceptors (Lipinski definition) is 4. The van der Waals surface area contributed by atoms with E-state index in [9.17, 15) is 5.11 Å². The molecule has 0 aromatic heterocycles. The van der Waals surface area contributed by atoms with Crippen LogP contribution in [0.15, 0.2) is 24.3 Å². The normalized spacial score (nSPS) is 32.2. The number of benzene rings is 1. The summed E-state index contributed by atoms with van der Waals surface area (Å²) in [5, 5.41) is 11.2. The van der Waals surface area contributed by atoms with Crippen LogP contribution in [0.2, 0.25) is 18.1 Å². The second-order valence-corrected chi connectivity index (χ2v) is 16.6. The average Bonchev–Trinajstić information content (AvgIpc) is 3.43. The molecule has 1 aromatic rings. The van der Waals surface area contributed by atoms with Crippen molar-refractivity contribution in [3.8, 4) is 5.75 Å². The number of aliphatic hydroxyl groups is 1. The van der Waals surface area contributed by atoms with Crippen molar-refractivity contribution >= 4 is 8.32 Å². The van der Waals surface area contributed by atoms with Crippen LogP contribution in [0.3, 0.4) is 0 Å². The van der Waals surface area contributed by atoms with Crippen molar-refractivity contribution < 1.29 is 19.0 Å². The number of rotatable bonds is 8. The van der Waals surface area contributed by atoms with Gasteiger partial charge in [-0.05, 0) is 80.5 Å². The second-order valence-electron chi connectivity index (χ2n) is 11.8. The van der Waals surface area contributed by atoms with Gasteiger partial charge in [0.05, 0.1) is 25.4 Å². The van der Waals surface area contributed by atoms with Crippen molar-refractivity contribution in [1.82, 2.24) is 0 Å². The highest BCUT2D eigenvalue weighted by Gasteiger charge is 2.55. The van der Waals surface area contributed by atoms with Crippen LogP contribution in [-0.4, -0.2) is 38.8 Å².